The van der Waals surface area contributed by atoms with Crippen LogP contribution >= 0.6 is 12.1 Å². The van der Waals surface area contributed by atoms with Gasteiger partial charge in [-0.15, -0.1) is 0 Å². The predicted octanol–water partition coefficient (Wildman–Crippen LogP) is 3.84. The van der Waals surface area contributed by atoms with Gasteiger partial charge in [-0.05, 0) is 48.6 Å². The standard InChI is InChI=1S/C20H21F2N5OS/c21-15-2-4-17(26-29-27-7-5-12(11-28)6-8-27)19(22)18(15)13-1-3-16-14(9-13)10-24-20(23)25-16/h1-4,9-10,12,26,28H,5-8,11H2,(H2,23,24,25). The van der Waals surface area contributed by atoms with Gasteiger partial charge in [-0.3, -0.25) is 0 Å². The van der Waals surface area contributed by atoms with Gasteiger partial charge < -0.3 is 15.6 Å². The number of anilines is 2. The first-order valence-electron chi connectivity index (χ1n) is 9.34. The molecule has 1 saturated heterocycles. The number of hydrogen-bond acceptors (Lipinski definition) is 7. The molecule has 9 heteroatoms. The summed E-state index contributed by atoms with van der Waals surface area (Å²) in [5.41, 5.74) is 6.70. The second-order valence-electron chi connectivity index (χ2n) is 7.03. The summed E-state index contributed by atoms with van der Waals surface area (Å²) in [6.07, 6.45) is 3.32. The van der Waals surface area contributed by atoms with Crippen molar-refractivity contribution >= 4 is 34.7 Å². The van der Waals surface area contributed by atoms with Gasteiger partial charge in [0.2, 0.25) is 5.95 Å². The molecule has 6 nitrogen and oxygen atoms in total. The van der Waals surface area contributed by atoms with Crippen molar-refractivity contribution in [3.8, 4) is 11.1 Å². The van der Waals surface area contributed by atoms with E-state index in [4.69, 9.17) is 5.73 Å². The zero-order chi connectivity index (χ0) is 20.4. The summed E-state index contributed by atoms with van der Waals surface area (Å²) in [7, 11) is 0. The number of aromatic nitrogens is 2. The minimum Gasteiger partial charge on any atom is -0.396 e. The Morgan fingerprint density at radius 1 is 1.21 bits per heavy atom. The average molecular weight is 417 g/mol. The molecule has 0 unspecified atom stereocenters. The van der Waals surface area contributed by atoms with Gasteiger partial charge in [-0.1, -0.05) is 6.07 Å². The van der Waals surface area contributed by atoms with Crippen LogP contribution in [0.25, 0.3) is 22.0 Å². The molecule has 1 fully saturated rings. The van der Waals surface area contributed by atoms with Crippen LogP contribution in [0.1, 0.15) is 12.8 Å². The highest BCUT2D eigenvalue weighted by atomic mass is 32.2. The van der Waals surface area contributed by atoms with Crippen LogP contribution < -0.4 is 10.5 Å². The van der Waals surface area contributed by atoms with E-state index in [0.29, 0.717) is 22.4 Å². The Morgan fingerprint density at radius 3 is 2.76 bits per heavy atom. The molecule has 0 aliphatic carbocycles. The van der Waals surface area contributed by atoms with Gasteiger partial charge in [0.05, 0.1) is 16.8 Å². The summed E-state index contributed by atoms with van der Waals surface area (Å²) >= 11 is 1.30. The van der Waals surface area contributed by atoms with Crippen LogP contribution in [-0.4, -0.2) is 39.1 Å². The lowest BCUT2D eigenvalue weighted by atomic mass is 10.00. The number of nitrogens with zero attached hydrogens (tertiary/aromatic N) is 3. The largest absolute Gasteiger partial charge is 0.396 e. The lowest BCUT2D eigenvalue weighted by molar-refractivity contribution is 0.174. The number of aliphatic hydroxyl groups is 1. The maximum Gasteiger partial charge on any atom is 0.220 e. The lowest BCUT2D eigenvalue weighted by Crippen LogP contribution is -2.30. The lowest BCUT2D eigenvalue weighted by Gasteiger charge is -2.29. The number of benzene rings is 2. The summed E-state index contributed by atoms with van der Waals surface area (Å²) < 4.78 is 34.7. The molecule has 0 atom stereocenters. The number of nitrogens with one attached hydrogen (secondary N) is 1. The maximum absolute atomic E-state index is 15.1. The first-order chi connectivity index (χ1) is 14.0. The van der Waals surface area contributed by atoms with E-state index in [1.54, 1.807) is 18.2 Å². The van der Waals surface area contributed by atoms with Gasteiger partial charge in [0.1, 0.15) is 5.82 Å². The van der Waals surface area contributed by atoms with Crippen LogP contribution in [0.3, 0.4) is 0 Å². The van der Waals surface area contributed by atoms with E-state index in [2.05, 4.69) is 19.0 Å². The normalized spacial score (nSPS) is 15.7. The third kappa shape index (κ3) is 4.26. The number of nitrogens with two attached hydrogens (primary N) is 1. The molecule has 0 saturated carbocycles. The summed E-state index contributed by atoms with van der Waals surface area (Å²) in [5, 5.41) is 9.87. The molecule has 1 aliphatic rings. The molecule has 1 aromatic heterocycles. The molecule has 1 aliphatic heterocycles. The van der Waals surface area contributed by atoms with Crippen molar-refractivity contribution in [1.29, 1.82) is 0 Å². The van der Waals surface area contributed by atoms with E-state index >= 15 is 4.39 Å². The van der Waals surface area contributed by atoms with E-state index in [9.17, 15) is 9.50 Å². The van der Waals surface area contributed by atoms with Crippen molar-refractivity contribution in [2.75, 3.05) is 30.2 Å². The molecule has 2 aromatic carbocycles. The SMILES string of the molecule is Nc1ncc2cc(-c3c(F)ccc(NSN4CCC(CO)CC4)c3F)ccc2n1. The zero-order valence-corrected chi connectivity index (χ0v) is 16.4. The highest BCUT2D eigenvalue weighted by Gasteiger charge is 2.21. The molecule has 0 spiro atoms. The van der Waals surface area contributed by atoms with Gasteiger partial charge >= 0.3 is 0 Å². The quantitative estimate of drug-likeness (QED) is 0.544. The molecule has 0 radical (unpaired) electrons. The van der Waals surface area contributed by atoms with E-state index in [0.717, 1.165) is 25.9 Å². The first kappa shape index (κ1) is 19.8. The Labute approximate surface area is 171 Å². The third-order valence-corrected chi connectivity index (χ3v) is 6.03. The Bertz CT molecular complexity index is 1030. The fourth-order valence-corrected chi connectivity index (χ4v) is 4.17. The van der Waals surface area contributed by atoms with Crippen molar-refractivity contribution in [1.82, 2.24) is 14.3 Å². The van der Waals surface area contributed by atoms with E-state index in [1.165, 1.54) is 30.5 Å². The zero-order valence-electron chi connectivity index (χ0n) is 15.6. The number of aliphatic hydroxyl groups excluding tert-OH is 1. The van der Waals surface area contributed by atoms with E-state index in [1.807, 2.05) is 0 Å². The van der Waals surface area contributed by atoms with Gasteiger partial charge in [-0.25, -0.2) is 23.1 Å². The fraction of sp³-hybridized carbons (Fsp3) is 0.300. The second-order valence-corrected chi connectivity index (χ2v) is 7.94. The Morgan fingerprint density at radius 2 is 2.00 bits per heavy atom. The van der Waals surface area contributed by atoms with Crippen molar-refractivity contribution in [2.45, 2.75) is 12.8 Å². The molecule has 4 rings (SSSR count). The van der Waals surface area contributed by atoms with Crippen LogP contribution in [0.5, 0.6) is 0 Å². The topological polar surface area (TPSA) is 87.3 Å². The minimum absolute atomic E-state index is 0.103. The van der Waals surface area contributed by atoms with E-state index in [-0.39, 0.29) is 23.8 Å². The highest BCUT2D eigenvalue weighted by molar-refractivity contribution is 7.98. The number of halogens is 2. The summed E-state index contributed by atoms with van der Waals surface area (Å²) in [6.45, 7) is 1.80. The van der Waals surface area contributed by atoms with Gasteiger partial charge in [0.25, 0.3) is 0 Å². The van der Waals surface area contributed by atoms with Crippen LogP contribution in [0, 0.1) is 17.6 Å². The highest BCUT2D eigenvalue weighted by Crippen LogP contribution is 2.34. The molecule has 0 amide bonds. The van der Waals surface area contributed by atoms with Crippen LogP contribution in [0.4, 0.5) is 20.4 Å². The number of nitrogen functional groups attached to an aromatic ring is 1. The minimum atomic E-state index is -0.654. The Hall–Kier alpha value is -2.49. The first-order valence-corrected chi connectivity index (χ1v) is 10.1. The van der Waals surface area contributed by atoms with Crippen LogP contribution in [0.15, 0.2) is 36.5 Å². The number of piperidine rings is 1. The molecular weight excluding hydrogens is 396 g/mol. The van der Waals surface area contributed by atoms with E-state index < -0.39 is 11.6 Å². The smallest absolute Gasteiger partial charge is 0.220 e. The Kier molecular flexibility index (Phi) is 5.79. The predicted molar refractivity (Wildman–Crippen MR) is 112 cm³/mol. The summed E-state index contributed by atoms with van der Waals surface area (Å²) in [5.74, 6) is -0.821. The number of fused-ring (bicyclic) bond motifs is 1. The third-order valence-electron chi connectivity index (χ3n) is 5.09. The molecular formula is C20H21F2N5OS. The van der Waals surface area contributed by atoms with Crippen LogP contribution in [-0.2, 0) is 0 Å². The van der Waals surface area contributed by atoms with Crippen LogP contribution in [0.2, 0.25) is 0 Å². The van der Waals surface area contributed by atoms with Crippen molar-refractivity contribution in [3.05, 3.63) is 48.2 Å². The van der Waals surface area contributed by atoms with Gasteiger partial charge in [0.15, 0.2) is 5.82 Å². The van der Waals surface area contributed by atoms with Crippen molar-refractivity contribution in [3.63, 3.8) is 0 Å². The molecule has 3 aromatic rings. The molecule has 29 heavy (non-hydrogen) atoms. The number of hydrogen-bond donors (Lipinski definition) is 3. The van der Waals surface area contributed by atoms with Gasteiger partial charge in [0, 0.05) is 43.4 Å². The summed E-state index contributed by atoms with van der Waals surface area (Å²) in [6, 6.07) is 7.58. The van der Waals surface area contributed by atoms with Gasteiger partial charge in [-0.2, -0.15) is 0 Å². The maximum atomic E-state index is 15.1. The summed E-state index contributed by atoms with van der Waals surface area (Å²) in [4.78, 5) is 8.05. The molecule has 4 N–H and O–H groups in total. The second kappa shape index (κ2) is 8.48. The average Bonchev–Trinajstić information content (AvgIpc) is 2.73. The van der Waals surface area contributed by atoms with Crippen molar-refractivity contribution in [2.24, 2.45) is 5.92 Å². The molecule has 152 valence electrons. The number of rotatable bonds is 5. The molecule has 2 heterocycles. The fourth-order valence-electron chi connectivity index (χ4n) is 3.40. The Balaban J connectivity index is 1.56. The monoisotopic (exact) mass is 417 g/mol. The van der Waals surface area contributed by atoms with Crippen molar-refractivity contribution < 1.29 is 13.9 Å². The molecule has 0 bridgehead atoms.